The summed E-state index contributed by atoms with van der Waals surface area (Å²) in [5, 5.41) is 12.1. The van der Waals surface area contributed by atoms with Crippen molar-refractivity contribution in [3.8, 4) is 0 Å². The van der Waals surface area contributed by atoms with Gasteiger partial charge in [0.15, 0.2) is 5.82 Å². The summed E-state index contributed by atoms with van der Waals surface area (Å²) in [4.78, 5) is 28.3. The number of hydrogen-bond acceptors (Lipinski definition) is 4. The number of hydrogen-bond donors (Lipinski definition) is 2. The van der Waals surface area contributed by atoms with E-state index in [-0.39, 0.29) is 22.8 Å². The average Bonchev–Trinajstić information content (AvgIpc) is 2.83. The number of nitrogens with zero attached hydrogens (tertiary/aromatic N) is 2. The summed E-state index contributed by atoms with van der Waals surface area (Å²) in [6.45, 7) is 0. The predicted octanol–water partition coefficient (Wildman–Crippen LogP) is 7.30. The lowest BCUT2D eigenvalue weighted by molar-refractivity contribution is -0.348. The van der Waals surface area contributed by atoms with Crippen molar-refractivity contribution in [3.05, 3.63) is 85.2 Å². The van der Waals surface area contributed by atoms with Gasteiger partial charge in [0.2, 0.25) is 5.95 Å². The molecule has 0 aliphatic rings. The normalized spacial score (nSPS) is 12.3. The average molecular weight is 742 g/mol. The molecule has 0 saturated heterocycles. The lowest BCUT2D eigenvalue weighted by Gasteiger charge is -2.31. The van der Waals surface area contributed by atoms with Crippen LogP contribution in [0.2, 0.25) is 0 Å². The van der Waals surface area contributed by atoms with E-state index in [0.717, 1.165) is 36.5 Å². The minimum Gasteiger partial charge on any atom is -0.320 e. The third-order valence-electron chi connectivity index (χ3n) is 5.08. The highest BCUT2D eigenvalue weighted by atomic mass is 127. The largest absolute Gasteiger partial charge is 0.435 e. The molecule has 0 aliphatic heterocycles. The lowest BCUT2D eigenvalue weighted by atomic mass is 9.94. The maximum atomic E-state index is 15.1. The van der Waals surface area contributed by atoms with Gasteiger partial charge in [0.1, 0.15) is 5.69 Å². The Labute approximate surface area is 234 Å². The Morgan fingerprint density at radius 1 is 0.974 bits per heavy atom. The van der Waals surface area contributed by atoms with Crippen molar-refractivity contribution < 1.29 is 54.3 Å². The van der Waals surface area contributed by atoms with Crippen molar-refractivity contribution in [2.45, 2.75) is 18.0 Å². The fourth-order valence-corrected chi connectivity index (χ4v) is 4.84. The van der Waals surface area contributed by atoms with Gasteiger partial charge in [-0.1, -0.05) is 6.07 Å². The summed E-state index contributed by atoms with van der Waals surface area (Å²) in [6.07, 6.45) is -12.0. The van der Waals surface area contributed by atoms with Gasteiger partial charge in [-0.05, 0) is 74.9 Å². The van der Waals surface area contributed by atoms with Gasteiger partial charge < -0.3 is 5.32 Å². The van der Waals surface area contributed by atoms with Crippen molar-refractivity contribution in [2.24, 2.45) is 0 Å². The Hall–Kier alpha value is -2.93. The number of carbonyl (C=O) groups excluding carboxylic acids is 2. The molecule has 2 N–H and O–H groups in total. The lowest BCUT2D eigenvalue weighted by Crippen LogP contribution is -2.50. The van der Waals surface area contributed by atoms with Crippen LogP contribution in [0, 0.1) is 15.3 Å². The molecular weight excluding hydrogens is 732 g/mol. The quantitative estimate of drug-likeness (QED) is 0.0946. The Balaban J connectivity index is 1.95. The van der Waals surface area contributed by atoms with Crippen molar-refractivity contribution in [3.63, 3.8) is 0 Å². The number of halogens is 11. The number of amides is 2. The number of carbonyl (C=O) groups is 2. The summed E-state index contributed by atoms with van der Waals surface area (Å²) < 4.78 is 120. The first-order chi connectivity index (χ1) is 17.9. The SMILES string of the molecule is O=C(Nc1c(Br)cc(C(F)(C(F)(F)F)C(F)(F)F)cc1I)c1cccc(N(O)C(=O)c2ccc(F)nc2)c1F. The molecule has 1 aromatic heterocycles. The highest BCUT2D eigenvalue weighted by Gasteiger charge is 2.73. The Kier molecular flexibility index (Phi) is 8.57. The standard InChI is InChI=1S/C22H10BrF9IN3O3/c23-12-6-10(20(26,21(27,28)29)22(30,31)32)7-13(33)17(12)35-18(37)11-2-1-3-14(16(11)25)36(39)19(38)9-4-5-15(24)34-8-9/h1-8,39H,(H,35,37). The second-order valence-electron chi connectivity index (χ2n) is 7.55. The first-order valence-corrected chi connectivity index (χ1v) is 11.8. The number of aromatic nitrogens is 1. The molecule has 0 aliphatic carbocycles. The monoisotopic (exact) mass is 741 g/mol. The van der Waals surface area contributed by atoms with Crippen molar-refractivity contribution in [2.75, 3.05) is 10.4 Å². The van der Waals surface area contributed by atoms with Gasteiger partial charge in [-0.3, -0.25) is 14.8 Å². The van der Waals surface area contributed by atoms with E-state index < -0.39 is 72.1 Å². The van der Waals surface area contributed by atoms with Crippen LogP contribution in [0.15, 0.2) is 53.1 Å². The third-order valence-corrected chi connectivity index (χ3v) is 6.55. The van der Waals surface area contributed by atoms with E-state index in [1.165, 1.54) is 22.6 Å². The number of rotatable bonds is 5. The maximum Gasteiger partial charge on any atom is 0.435 e. The van der Waals surface area contributed by atoms with E-state index in [9.17, 15) is 49.9 Å². The minimum absolute atomic E-state index is 0.163. The Morgan fingerprint density at radius 2 is 1.59 bits per heavy atom. The number of pyridine rings is 1. The van der Waals surface area contributed by atoms with E-state index >= 15 is 4.39 Å². The third kappa shape index (κ3) is 5.84. The number of anilines is 2. The molecule has 0 spiro atoms. The van der Waals surface area contributed by atoms with Gasteiger partial charge in [0.05, 0.1) is 16.8 Å². The molecule has 0 atom stereocenters. The van der Waals surface area contributed by atoms with Crippen LogP contribution in [0.1, 0.15) is 26.3 Å². The fourth-order valence-electron chi connectivity index (χ4n) is 3.15. The zero-order valence-electron chi connectivity index (χ0n) is 18.4. The molecular formula is C22H10BrF9IN3O3. The Morgan fingerprint density at radius 3 is 2.10 bits per heavy atom. The molecule has 17 heteroatoms. The summed E-state index contributed by atoms with van der Waals surface area (Å²) in [5.41, 5.74) is -9.99. The second kappa shape index (κ2) is 10.9. The van der Waals surface area contributed by atoms with Crippen molar-refractivity contribution in [1.29, 1.82) is 0 Å². The smallest absolute Gasteiger partial charge is 0.320 e. The molecule has 6 nitrogen and oxygen atoms in total. The first-order valence-electron chi connectivity index (χ1n) is 9.96. The van der Waals surface area contributed by atoms with E-state index in [0.29, 0.717) is 0 Å². The maximum absolute atomic E-state index is 15.1. The minimum atomic E-state index is -6.38. The van der Waals surface area contributed by atoms with Gasteiger partial charge >= 0.3 is 18.0 Å². The van der Waals surface area contributed by atoms with Crippen LogP contribution >= 0.6 is 38.5 Å². The molecule has 1 heterocycles. The number of alkyl halides is 7. The molecule has 0 radical (unpaired) electrons. The van der Waals surface area contributed by atoms with E-state index in [2.05, 4.69) is 26.2 Å². The first kappa shape index (κ1) is 30.6. The van der Waals surface area contributed by atoms with Crippen molar-refractivity contribution in [1.82, 2.24) is 4.98 Å². The zero-order chi connectivity index (χ0) is 29.5. The van der Waals surface area contributed by atoms with E-state index in [1.807, 2.05) is 0 Å². The number of hydroxylamine groups is 1. The zero-order valence-corrected chi connectivity index (χ0v) is 22.2. The van der Waals surface area contributed by atoms with Crippen LogP contribution in [0.5, 0.6) is 0 Å². The number of nitrogens with one attached hydrogen (secondary N) is 1. The van der Waals surface area contributed by atoms with Gasteiger partial charge in [-0.15, -0.1) is 0 Å². The van der Waals surface area contributed by atoms with Crippen LogP contribution < -0.4 is 10.4 Å². The van der Waals surface area contributed by atoms with Crippen molar-refractivity contribution >= 4 is 61.7 Å². The predicted molar refractivity (Wildman–Crippen MR) is 129 cm³/mol. The highest BCUT2D eigenvalue weighted by molar-refractivity contribution is 14.1. The van der Waals surface area contributed by atoms with Crippen LogP contribution in [-0.2, 0) is 5.67 Å². The topological polar surface area (TPSA) is 82.5 Å². The molecule has 0 unspecified atom stereocenters. The molecule has 0 fully saturated rings. The van der Waals surface area contributed by atoms with Gasteiger partial charge in [-0.2, -0.15) is 35.8 Å². The van der Waals surface area contributed by atoms with Gasteiger partial charge in [-0.25, -0.2) is 13.8 Å². The Bertz CT molecular complexity index is 1400. The molecule has 3 aromatic rings. The fraction of sp³-hybridized carbons (Fsp3) is 0.136. The second-order valence-corrected chi connectivity index (χ2v) is 9.56. The van der Waals surface area contributed by atoms with Crippen LogP contribution in [0.3, 0.4) is 0 Å². The van der Waals surface area contributed by atoms with Crippen LogP contribution in [0.25, 0.3) is 0 Å². The van der Waals surface area contributed by atoms with E-state index in [1.54, 1.807) is 0 Å². The van der Waals surface area contributed by atoms with Gasteiger partial charge in [0, 0.05) is 19.8 Å². The molecule has 2 amide bonds. The van der Waals surface area contributed by atoms with Crippen LogP contribution in [0.4, 0.5) is 50.9 Å². The molecule has 2 aromatic carbocycles. The highest BCUT2D eigenvalue weighted by Crippen LogP contribution is 2.54. The summed E-state index contributed by atoms with van der Waals surface area (Å²) >= 11 is 3.93. The molecule has 208 valence electrons. The number of benzene rings is 2. The molecule has 0 saturated carbocycles. The van der Waals surface area contributed by atoms with Crippen LogP contribution in [-0.4, -0.2) is 34.4 Å². The summed E-state index contributed by atoms with van der Waals surface area (Å²) in [7, 11) is 0. The van der Waals surface area contributed by atoms with E-state index in [4.69, 9.17) is 0 Å². The molecule has 39 heavy (non-hydrogen) atoms. The summed E-state index contributed by atoms with van der Waals surface area (Å²) in [6, 6.07) is 4.93. The molecule has 3 rings (SSSR count). The summed E-state index contributed by atoms with van der Waals surface area (Å²) in [5.74, 6) is -4.96. The van der Waals surface area contributed by atoms with Gasteiger partial charge in [0.25, 0.3) is 11.8 Å². The molecule has 0 bridgehead atoms.